The van der Waals surface area contributed by atoms with Gasteiger partial charge in [-0.3, -0.25) is 9.36 Å². The number of halogens is 2. The van der Waals surface area contributed by atoms with Crippen molar-refractivity contribution in [3.8, 4) is 0 Å². The van der Waals surface area contributed by atoms with Gasteiger partial charge in [0.15, 0.2) is 0 Å². The third kappa shape index (κ3) is 5.61. The summed E-state index contributed by atoms with van der Waals surface area (Å²) in [6, 6.07) is 0. The lowest BCUT2D eigenvalue weighted by atomic mass is 10.3. The normalized spacial score (nSPS) is 14.5. The predicted octanol–water partition coefficient (Wildman–Crippen LogP) is 1.12. The van der Waals surface area contributed by atoms with E-state index in [0.29, 0.717) is 3.45 Å². The molecule has 0 saturated heterocycles. The predicted molar refractivity (Wildman–Crippen MR) is 49.3 cm³/mol. The largest absolute Gasteiger partial charge is 0.481 e. The smallest absolute Gasteiger partial charge is 0.344 e. The van der Waals surface area contributed by atoms with Crippen molar-refractivity contribution in [1.29, 1.82) is 0 Å². The molecule has 13 heavy (non-hydrogen) atoms. The van der Waals surface area contributed by atoms with Crippen LogP contribution in [0.25, 0.3) is 0 Å². The Kier molecular flexibility index (Phi) is 5.43. The van der Waals surface area contributed by atoms with Crippen molar-refractivity contribution in [1.82, 2.24) is 3.45 Å². The Hall–Kier alpha value is 0.350. The second kappa shape index (κ2) is 5.29. The van der Waals surface area contributed by atoms with Gasteiger partial charge < -0.3 is 14.9 Å². The van der Waals surface area contributed by atoms with Crippen molar-refractivity contribution in [2.45, 2.75) is 18.6 Å². The number of carbonyl (C=O) groups is 1. The summed E-state index contributed by atoms with van der Waals surface area (Å²) in [5.74, 6) is -2.46. The zero-order chi connectivity index (χ0) is 10.6. The first-order chi connectivity index (χ1) is 5.75. The lowest BCUT2D eigenvalue weighted by Crippen LogP contribution is -2.20. The Morgan fingerprint density at radius 3 is 2.31 bits per heavy atom. The molecule has 0 spiro atoms. The molecule has 78 valence electrons. The van der Waals surface area contributed by atoms with E-state index in [-0.39, 0.29) is 12.8 Å². The maximum absolute atomic E-state index is 10.7. The summed E-state index contributed by atoms with van der Waals surface area (Å²) >= 11 is 7.92. The summed E-state index contributed by atoms with van der Waals surface area (Å²) in [6.07, 6.45) is -0.584. The molecule has 0 amide bonds. The third-order valence-electron chi connectivity index (χ3n) is 1.23. The van der Waals surface area contributed by atoms with Crippen molar-refractivity contribution < 1.29 is 24.3 Å². The van der Waals surface area contributed by atoms with Crippen LogP contribution < -0.4 is 0 Å². The monoisotopic (exact) mass is 295 g/mol. The van der Waals surface area contributed by atoms with Gasteiger partial charge in [-0.2, -0.15) is 0 Å². The summed E-state index contributed by atoms with van der Waals surface area (Å²) in [4.78, 5) is 27.6. The summed E-state index contributed by atoms with van der Waals surface area (Å²) in [5, 5.41) is 8.28. The maximum Gasteiger partial charge on any atom is 0.344 e. The van der Waals surface area contributed by atoms with Gasteiger partial charge >= 0.3 is 13.6 Å². The van der Waals surface area contributed by atoms with Crippen molar-refractivity contribution >= 4 is 41.5 Å². The zero-order valence-corrected chi connectivity index (χ0v) is 9.54. The number of carboxylic acids is 1. The molecule has 0 aliphatic heterocycles. The van der Waals surface area contributed by atoms with Crippen LogP contribution in [0.3, 0.4) is 0 Å². The van der Waals surface area contributed by atoms with Gasteiger partial charge in [0.25, 0.3) is 0 Å². The van der Waals surface area contributed by atoms with Gasteiger partial charge in [0.2, 0.25) is 0 Å². The molecule has 0 aromatic heterocycles. The van der Waals surface area contributed by atoms with Crippen molar-refractivity contribution in [3.05, 3.63) is 0 Å². The number of nitrogens with zero attached hydrogens (tertiary/aromatic N) is 1. The van der Waals surface area contributed by atoms with Gasteiger partial charge in [-0.15, -0.1) is 3.45 Å². The number of hydrogen-bond donors (Lipinski definition) is 3. The second-order valence-electron chi connectivity index (χ2n) is 2.26. The minimum atomic E-state index is -4.40. The molecular weight excluding hydrogens is 288 g/mol. The number of hydrogen-bond acceptors (Lipinski definition) is 3. The van der Waals surface area contributed by atoms with Crippen LogP contribution >= 0.6 is 35.5 Å². The fraction of sp³-hybridized carbons (Fsp3) is 0.750. The molecule has 0 bridgehead atoms. The minimum Gasteiger partial charge on any atom is -0.481 e. The van der Waals surface area contributed by atoms with Crippen LogP contribution in [0.1, 0.15) is 12.8 Å². The van der Waals surface area contributed by atoms with E-state index in [1.54, 1.807) is 0 Å². The molecule has 0 aliphatic rings. The van der Waals surface area contributed by atoms with Crippen LogP contribution in [0.15, 0.2) is 0 Å². The quantitative estimate of drug-likeness (QED) is 0.519. The molecule has 3 N–H and O–H groups in total. The fourth-order valence-electron chi connectivity index (χ4n) is 0.632. The summed E-state index contributed by atoms with van der Waals surface area (Å²) in [6.45, 7) is 0. The first-order valence-electron chi connectivity index (χ1n) is 3.13. The molecule has 0 radical (unpaired) electrons. The molecule has 9 heteroatoms. The van der Waals surface area contributed by atoms with Crippen molar-refractivity contribution in [2.75, 3.05) is 0 Å². The Bertz CT molecular complexity index is 231. The Balaban J connectivity index is 4.29. The van der Waals surface area contributed by atoms with Crippen LogP contribution in [-0.4, -0.2) is 30.1 Å². The highest BCUT2D eigenvalue weighted by Crippen LogP contribution is 2.47. The van der Waals surface area contributed by atoms with Gasteiger partial charge in [0.05, 0.1) is 0 Å². The molecule has 0 saturated carbocycles. The molecule has 1 unspecified atom stereocenters. The average Bonchev–Trinajstić information content (AvgIpc) is 1.81. The zero-order valence-electron chi connectivity index (χ0n) is 6.30. The van der Waals surface area contributed by atoms with Gasteiger partial charge in [-0.05, 0) is 18.2 Å². The number of rotatable bonds is 5. The van der Waals surface area contributed by atoms with Crippen LogP contribution in [0.5, 0.6) is 0 Å². The van der Waals surface area contributed by atoms with Crippen LogP contribution in [0, 0.1) is 0 Å². The van der Waals surface area contributed by atoms with Gasteiger partial charge in [0.1, 0.15) is 5.78 Å². The van der Waals surface area contributed by atoms with Gasteiger partial charge in [0, 0.05) is 22.6 Å². The van der Waals surface area contributed by atoms with Crippen LogP contribution in [-0.2, 0) is 9.36 Å². The lowest BCUT2D eigenvalue weighted by Gasteiger charge is -2.19. The number of aliphatic carboxylic acids is 1. The molecule has 0 rings (SSSR count). The average molecular weight is 296 g/mol. The van der Waals surface area contributed by atoms with E-state index in [0.717, 1.165) is 0 Å². The molecule has 0 fully saturated rings. The van der Waals surface area contributed by atoms with E-state index in [9.17, 15) is 9.36 Å². The first-order valence-corrected chi connectivity index (χ1v) is 5.86. The molecule has 1 atom stereocenters. The van der Waals surface area contributed by atoms with Crippen molar-refractivity contribution in [2.24, 2.45) is 0 Å². The van der Waals surface area contributed by atoms with E-state index in [4.69, 9.17) is 26.7 Å². The van der Waals surface area contributed by atoms with Gasteiger partial charge in [-0.25, -0.2) is 0 Å². The lowest BCUT2D eigenvalue weighted by molar-refractivity contribution is -0.137. The maximum atomic E-state index is 10.7. The Morgan fingerprint density at radius 1 is 1.62 bits per heavy atom. The highest BCUT2D eigenvalue weighted by atomic mass is 79.9. The molecule has 0 aromatic rings. The molecule has 0 aliphatic carbocycles. The standard InChI is InChI=1S/C4H8BrClNO5P/c5-7(6)3(13(10,11)12)1-2-4(8)9/h3H,1-2H2,(H,8,9)(H2,10,11,12). The number of carboxylic acid groups (broad SMARTS) is 1. The van der Waals surface area contributed by atoms with Crippen LogP contribution in [0.4, 0.5) is 0 Å². The third-order valence-corrected chi connectivity index (χ3v) is 3.68. The highest BCUT2D eigenvalue weighted by Gasteiger charge is 2.33. The first kappa shape index (κ1) is 13.4. The minimum absolute atomic E-state index is 0.228. The van der Waals surface area contributed by atoms with E-state index in [2.05, 4.69) is 16.1 Å². The van der Waals surface area contributed by atoms with Crippen LogP contribution in [0.2, 0.25) is 0 Å². The SMILES string of the molecule is O=C(O)CCC(N(Cl)Br)P(=O)(O)O. The topological polar surface area (TPSA) is 98.1 Å². The molecule has 6 nitrogen and oxygen atoms in total. The second-order valence-corrected chi connectivity index (χ2v) is 5.57. The molecule has 0 heterocycles. The van der Waals surface area contributed by atoms with Gasteiger partial charge in [-0.1, -0.05) is 0 Å². The summed E-state index contributed by atoms with van der Waals surface area (Å²) in [5.41, 5.74) is 0. The Labute approximate surface area is 88.1 Å². The Morgan fingerprint density at radius 2 is 2.08 bits per heavy atom. The van der Waals surface area contributed by atoms with E-state index in [1.165, 1.54) is 0 Å². The van der Waals surface area contributed by atoms with E-state index >= 15 is 0 Å². The van der Waals surface area contributed by atoms with Crippen molar-refractivity contribution in [3.63, 3.8) is 0 Å². The molecular formula is C4H8BrClNO5P. The van der Waals surface area contributed by atoms with E-state index < -0.39 is 19.3 Å². The molecule has 0 aromatic carbocycles. The fourth-order valence-corrected chi connectivity index (χ4v) is 2.68. The summed E-state index contributed by atoms with van der Waals surface area (Å²) in [7, 11) is -4.40. The summed E-state index contributed by atoms with van der Waals surface area (Å²) < 4.78 is 11.4. The van der Waals surface area contributed by atoms with E-state index in [1.807, 2.05) is 0 Å². The highest BCUT2D eigenvalue weighted by molar-refractivity contribution is 9.08.